The van der Waals surface area contributed by atoms with Crippen molar-refractivity contribution in [1.82, 2.24) is 15.5 Å². The molecule has 2 aromatic rings. The van der Waals surface area contributed by atoms with Gasteiger partial charge in [-0.3, -0.25) is 4.90 Å². The summed E-state index contributed by atoms with van der Waals surface area (Å²) >= 11 is 0. The van der Waals surface area contributed by atoms with E-state index in [0.717, 1.165) is 37.7 Å². The number of hydrogen-bond donors (Lipinski definition) is 3. The van der Waals surface area contributed by atoms with Gasteiger partial charge in [-0.1, -0.05) is 42.5 Å². The lowest BCUT2D eigenvalue weighted by Gasteiger charge is -2.25. The average molecular weight is 494 g/mol. The van der Waals surface area contributed by atoms with Crippen LogP contribution in [0.4, 0.5) is 0 Å². The van der Waals surface area contributed by atoms with Gasteiger partial charge in [-0.05, 0) is 49.6 Å². The van der Waals surface area contributed by atoms with E-state index in [-0.39, 0.29) is 29.7 Å². The van der Waals surface area contributed by atoms with Gasteiger partial charge in [-0.15, -0.1) is 24.0 Å². The number of benzene rings is 2. The Kier molecular flexibility index (Phi) is 9.57. The van der Waals surface area contributed by atoms with Crippen molar-refractivity contribution in [3.63, 3.8) is 0 Å². The summed E-state index contributed by atoms with van der Waals surface area (Å²) in [7, 11) is 0. The number of aromatic hydroxyl groups is 1. The second kappa shape index (κ2) is 11.9. The van der Waals surface area contributed by atoms with E-state index in [1.54, 1.807) is 12.1 Å². The fourth-order valence-corrected chi connectivity index (χ4v) is 3.53. The highest BCUT2D eigenvalue weighted by Gasteiger charge is 2.24. The van der Waals surface area contributed by atoms with Crippen molar-refractivity contribution in [2.24, 2.45) is 4.99 Å². The van der Waals surface area contributed by atoms with Gasteiger partial charge in [-0.25, -0.2) is 4.99 Å². The van der Waals surface area contributed by atoms with Crippen LogP contribution in [0, 0.1) is 0 Å². The Morgan fingerprint density at radius 3 is 2.64 bits per heavy atom. The van der Waals surface area contributed by atoms with Crippen molar-refractivity contribution in [2.75, 3.05) is 19.6 Å². The molecule has 0 radical (unpaired) electrons. The summed E-state index contributed by atoms with van der Waals surface area (Å²) in [4.78, 5) is 7.22. The second-order valence-electron chi connectivity index (χ2n) is 7.00. The molecule has 0 aromatic heterocycles. The Balaban J connectivity index is 0.00000280. The van der Waals surface area contributed by atoms with Crippen molar-refractivity contribution in [2.45, 2.75) is 38.9 Å². The van der Waals surface area contributed by atoms with Crippen LogP contribution in [0.5, 0.6) is 5.75 Å². The van der Waals surface area contributed by atoms with Crippen molar-refractivity contribution in [1.29, 1.82) is 0 Å². The molecule has 1 atom stereocenters. The van der Waals surface area contributed by atoms with Crippen molar-refractivity contribution < 1.29 is 5.11 Å². The molecule has 1 fully saturated rings. The lowest BCUT2D eigenvalue weighted by molar-refractivity contribution is 0.245. The molecule has 3 N–H and O–H groups in total. The zero-order valence-corrected chi connectivity index (χ0v) is 18.8. The number of nitrogens with one attached hydrogen (secondary N) is 2. The molecule has 0 aliphatic carbocycles. The zero-order chi connectivity index (χ0) is 18.9. The lowest BCUT2D eigenvalue weighted by atomic mass is 10.2. The lowest BCUT2D eigenvalue weighted by Crippen LogP contribution is -2.44. The number of phenolic OH excluding ortho intramolecular Hbond substituents is 1. The first-order valence-corrected chi connectivity index (χ1v) is 9.82. The molecule has 1 heterocycles. The number of likely N-dealkylation sites (tertiary alicyclic amines) is 1. The molecule has 0 bridgehead atoms. The van der Waals surface area contributed by atoms with E-state index in [2.05, 4.69) is 57.8 Å². The third kappa shape index (κ3) is 6.98. The molecule has 1 aliphatic rings. The molecule has 0 saturated carbocycles. The molecule has 3 rings (SSSR count). The molecule has 1 unspecified atom stereocenters. The minimum absolute atomic E-state index is 0. The summed E-state index contributed by atoms with van der Waals surface area (Å²) in [5.74, 6) is 1.11. The van der Waals surface area contributed by atoms with Crippen LogP contribution in [0.1, 0.15) is 30.9 Å². The standard InChI is InChI=1S/C22H30N4O.HI/c1-2-23-22(24-15-19-10-6-12-21(27)14-19)25-16-20-11-7-13-26(20)17-18-8-4-3-5-9-18;/h3-6,8-10,12,14,20,27H,2,7,11,13,15-17H2,1H3,(H2,23,24,25);1H. The third-order valence-electron chi connectivity index (χ3n) is 4.91. The van der Waals surface area contributed by atoms with E-state index in [1.807, 2.05) is 12.1 Å². The largest absolute Gasteiger partial charge is 0.508 e. The van der Waals surface area contributed by atoms with Crippen molar-refractivity contribution in [3.05, 3.63) is 65.7 Å². The molecule has 0 spiro atoms. The van der Waals surface area contributed by atoms with E-state index < -0.39 is 0 Å². The van der Waals surface area contributed by atoms with Gasteiger partial charge < -0.3 is 15.7 Å². The number of guanidine groups is 1. The molecule has 152 valence electrons. The van der Waals surface area contributed by atoms with E-state index in [9.17, 15) is 5.11 Å². The predicted molar refractivity (Wildman–Crippen MR) is 126 cm³/mol. The van der Waals surface area contributed by atoms with Crippen LogP contribution < -0.4 is 10.6 Å². The first-order chi connectivity index (χ1) is 13.2. The maximum atomic E-state index is 9.59. The number of rotatable bonds is 7. The van der Waals surface area contributed by atoms with Crippen LogP contribution in [0.3, 0.4) is 0 Å². The van der Waals surface area contributed by atoms with E-state index >= 15 is 0 Å². The first-order valence-electron chi connectivity index (χ1n) is 9.82. The minimum atomic E-state index is 0. The SMILES string of the molecule is CCNC(=NCc1cccc(O)c1)NCC1CCCN1Cc1ccccc1.I. The summed E-state index contributed by atoms with van der Waals surface area (Å²) < 4.78 is 0. The second-order valence-corrected chi connectivity index (χ2v) is 7.00. The Bertz CT molecular complexity index is 738. The molecule has 1 saturated heterocycles. The molecule has 2 aromatic carbocycles. The van der Waals surface area contributed by atoms with Crippen LogP contribution in [0.2, 0.25) is 0 Å². The smallest absolute Gasteiger partial charge is 0.191 e. The summed E-state index contributed by atoms with van der Waals surface area (Å²) in [5, 5.41) is 16.4. The number of phenols is 1. The van der Waals surface area contributed by atoms with Gasteiger partial charge in [0.25, 0.3) is 0 Å². The quantitative estimate of drug-likeness (QED) is 0.312. The maximum absolute atomic E-state index is 9.59. The predicted octanol–water partition coefficient (Wildman–Crippen LogP) is 3.73. The molecule has 0 amide bonds. The molecule has 28 heavy (non-hydrogen) atoms. The van der Waals surface area contributed by atoms with Crippen LogP contribution in [0.15, 0.2) is 59.6 Å². The topological polar surface area (TPSA) is 59.9 Å². The molecular weight excluding hydrogens is 463 g/mol. The van der Waals surface area contributed by atoms with Gasteiger partial charge >= 0.3 is 0 Å². The van der Waals surface area contributed by atoms with Crippen LogP contribution in [-0.4, -0.2) is 41.6 Å². The van der Waals surface area contributed by atoms with Crippen LogP contribution in [-0.2, 0) is 13.1 Å². The van der Waals surface area contributed by atoms with Gasteiger partial charge in [-0.2, -0.15) is 0 Å². The third-order valence-corrected chi connectivity index (χ3v) is 4.91. The van der Waals surface area contributed by atoms with Gasteiger partial charge in [0.15, 0.2) is 5.96 Å². The number of nitrogens with zero attached hydrogens (tertiary/aromatic N) is 2. The Morgan fingerprint density at radius 1 is 1.11 bits per heavy atom. The summed E-state index contributed by atoms with van der Waals surface area (Å²) in [5.41, 5.74) is 2.37. The normalized spacial score (nSPS) is 17.2. The van der Waals surface area contributed by atoms with E-state index in [1.165, 1.54) is 18.4 Å². The van der Waals surface area contributed by atoms with Gasteiger partial charge in [0.2, 0.25) is 0 Å². The Labute approximate surface area is 185 Å². The molecule has 5 nitrogen and oxygen atoms in total. The highest BCUT2D eigenvalue weighted by molar-refractivity contribution is 14.0. The molecule has 6 heteroatoms. The number of hydrogen-bond acceptors (Lipinski definition) is 3. The minimum Gasteiger partial charge on any atom is -0.508 e. The fourth-order valence-electron chi connectivity index (χ4n) is 3.53. The van der Waals surface area contributed by atoms with E-state index in [4.69, 9.17) is 0 Å². The monoisotopic (exact) mass is 494 g/mol. The van der Waals surface area contributed by atoms with Crippen molar-refractivity contribution >= 4 is 29.9 Å². The maximum Gasteiger partial charge on any atom is 0.191 e. The van der Waals surface area contributed by atoms with Crippen LogP contribution in [0.25, 0.3) is 0 Å². The number of aliphatic imine (C=N–C) groups is 1. The average Bonchev–Trinajstić information content (AvgIpc) is 3.12. The molecular formula is C22H31IN4O. The highest BCUT2D eigenvalue weighted by Crippen LogP contribution is 2.19. The highest BCUT2D eigenvalue weighted by atomic mass is 127. The Morgan fingerprint density at radius 2 is 1.89 bits per heavy atom. The first kappa shape index (κ1) is 22.5. The van der Waals surface area contributed by atoms with Crippen molar-refractivity contribution in [3.8, 4) is 5.75 Å². The zero-order valence-electron chi connectivity index (χ0n) is 16.5. The summed E-state index contributed by atoms with van der Waals surface area (Å²) in [6.07, 6.45) is 2.46. The summed E-state index contributed by atoms with van der Waals surface area (Å²) in [6.45, 7) is 6.48. The van der Waals surface area contributed by atoms with Gasteiger partial charge in [0.1, 0.15) is 5.75 Å². The van der Waals surface area contributed by atoms with Gasteiger partial charge in [0.05, 0.1) is 6.54 Å². The molecule has 1 aliphatic heterocycles. The van der Waals surface area contributed by atoms with Crippen LogP contribution >= 0.6 is 24.0 Å². The Hall–Kier alpha value is -1.80. The number of halogens is 1. The fraction of sp³-hybridized carbons (Fsp3) is 0.409. The van der Waals surface area contributed by atoms with Gasteiger partial charge in [0, 0.05) is 25.7 Å². The van der Waals surface area contributed by atoms with E-state index in [0.29, 0.717) is 12.6 Å². The summed E-state index contributed by atoms with van der Waals surface area (Å²) in [6, 6.07) is 18.5.